The highest BCUT2D eigenvalue weighted by molar-refractivity contribution is 7.89. The minimum absolute atomic E-state index is 0.0830. The molecule has 1 atom stereocenters. The number of urea groups is 1. The van der Waals surface area contributed by atoms with Gasteiger partial charge in [0.05, 0.1) is 11.8 Å². The number of rotatable bonds is 9. The summed E-state index contributed by atoms with van der Waals surface area (Å²) < 4.78 is 25.7. The van der Waals surface area contributed by atoms with Crippen molar-refractivity contribution < 1.29 is 13.2 Å². The molecule has 8 heteroatoms. The second kappa shape index (κ2) is 9.58. The number of hydrogen-bond donors (Lipinski definition) is 2. The quantitative estimate of drug-likeness (QED) is 0.667. The van der Waals surface area contributed by atoms with Crippen LogP contribution in [-0.4, -0.2) is 44.1 Å². The molecule has 1 unspecified atom stereocenters. The van der Waals surface area contributed by atoms with Gasteiger partial charge in [0.15, 0.2) is 0 Å². The summed E-state index contributed by atoms with van der Waals surface area (Å²) in [4.78, 5) is 12.3. The fraction of sp³-hybridized carbons (Fsp3) is 0.611. The van der Waals surface area contributed by atoms with Crippen molar-refractivity contribution in [3.8, 4) is 0 Å². The first-order valence-corrected chi connectivity index (χ1v) is 11.1. The van der Waals surface area contributed by atoms with Crippen LogP contribution < -0.4 is 10.6 Å². The predicted octanol–water partition coefficient (Wildman–Crippen LogP) is 3.15. The summed E-state index contributed by atoms with van der Waals surface area (Å²) in [5, 5.41) is 6.33. The molecule has 2 amide bonds. The first-order valence-electron chi connectivity index (χ1n) is 9.15. The normalized spacial score (nSPS) is 16.2. The van der Waals surface area contributed by atoms with Gasteiger partial charge in [0.1, 0.15) is 0 Å². The van der Waals surface area contributed by atoms with E-state index < -0.39 is 10.0 Å². The Bertz CT molecular complexity index is 686. The first kappa shape index (κ1) is 21.0. The molecule has 0 bridgehead atoms. The standard InChI is InChI=1S/C18H28ClN3O3S/c1-3-22(4-2)26(24,25)13-12-20-18(23)21-17(14-6-5-7-14)15-8-10-16(19)11-9-15/h8-11,14,17H,3-7,12-13H2,1-2H3,(H2,20,21,23). The molecule has 1 aliphatic rings. The Morgan fingerprint density at radius 2 is 1.85 bits per heavy atom. The molecular weight excluding hydrogens is 374 g/mol. The van der Waals surface area contributed by atoms with E-state index in [4.69, 9.17) is 11.6 Å². The molecule has 6 nitrogen and oxygen atoms in total. The molecular formula is C18H28ClN3O3S. The minimum Gasteiger partial charge on any atom is -0.337 e. The van der Waals surface area contributed by atoms with Crippen LogP contribution in [0.15, 0.2) is 24.3 Å². The summed E-state index contributed by atoms with van der Waals surface area (Å²) in [5.74, 6) is 0.304. The molecule has 0 spiro atoms. The zero-order valence-corrected chi connectivity index (χ0v) is 16.9. The molecule has 1 aromatic carbocycles. The van der Waals surface area contributed by atoms with Crippen molar-refractivity contribution in [3.05, 3.63) is 34.9 Å². The molecule has 0 radical (unpaired) electrons. The molecule has 1 aliphatic carbocycles. The average molecular weight is 402 g/mol. The summed E-state index contributed by atoms with van der Waals surface area (Å²) in [6.07, 6.45) is 3.31. The van der Waals surface area contributed by atoms with Crippen LogP contribution in [0.2, 0.25) is 5.02 Å². The van der Waals surface area contributed by atoms with Gasteiger partial charge in [-0.15, -0.1) is 0 Å². The maximum absolute atomic E-state index is 12.3. The summed E-state index contributed by atoms with van der Waals surface area (Å²) in [7, 11) is -3.34. The lowest BCUT2D eigenvalue weighted by molar-refractivity contribution is 0.208. The van der Waals surface area contributed by atoms with Crippen molar-refractivity contribution in [1.29, 1.82) is 0 Å². The van der Waals surface area contributed by atoms with Gasteiger partial charge in [-0.3, -0.25) is 0 Å². The lowest BCUT2D eigenvalue weighted by Crippen LogP contribution is -2.44. The maximum atomic E-state index is 12.3. The zero-order chi connectivity index (χ0) is 19.2. The number of hydrogen-bond acceptors (Lipinski definition) is 3. The Hall–Kier alpha value is -1.31. The van der Waals surface area contributed by atoms with Gasteiger partial charge >= 0.3 is 6.03 Å². The third-order valence-corrected chi connectivity index (χ3v) is 7.16. The van der Waals surface area contributed by atoms with Crippen LogP contribution in [0.3, 0.4) is 0 Å². The van der Waals surface area contributed by atoms with Crippen LogP contribution in [0.1, 0.15) is 44.7 Å². The van der Waals surface area contributed by atoms with Crippen LogP contribution in [0.5, 0.6) is 0 Å². The molecule has 2 N–H and O–H groups in total. The van der Waals surface area contributed by atoms with Crippen molar-refractivity contribution in [3.63, 3.8) is 0 Å². The highest BCUT2D eigenvalue weighted by Crippen LogP contribution is 2.37. The van der Waals surface area contributed by atoms with Gasteiger partial charge in [-0.2, -0.15) is 0 Å². The molecule has 26 heavy (non-hydrogen) atoms. The van der Waals surface area contributed by atoms with Crippen molar-refractivity contribution >= 4 is 27.7 Å². The van der Waals surface area contributed by atoms with E-state index in [0.717, 1.165) is 18.4 Å². The van der Waals surface area contributed by atoms with Gasteiger partial charge in [0.25, 0.3) is 0 Å². The number of sulfonamides is 1. The third kappa shape index (κ3) is 5.59. The van der Waals surface area contributed by atoms with Gasteiger partial charge < -0.3 is 10.6 Å². The fourth-order valence-electron chi connectivity index (χ4n) is 3.15. The second-order valence-corrected chi connectivity index (χ2v) is 9.05. The largest absolute Gasteiger partial charge is 0.337 e. The summed E-state index contributed by atoms with van der Waals surface area (Å²) in [6, 6.07) is 7.07. The number of nitrogens with zero attached hydrogens (tertiary/aromatic N) is 1. The highest BCUT2D eigenvalue weighted by atomic mass is 35.5. The third-order valence-electron chi connectivity index (χ3n) is 4.88. The second-order valence-electron chi connectivity index (χ2n) is 6.52. The van der Waals surface area contributed by atoms with Crippen molar-refractivity contribution in [2.24, 2.45) is 5.92 Å². The molecule has 0 saturated heterocycles. The van der Waals surface area contributed by atoms with Crippen molar-refractivity contribution in [2.75, 3.05) is 25.4 Å². The van der Waals surface area contributed by atoms with Crippen molar-refractivity contribution in [1.82, 2.24) is 14.9 Å². The first-order chi connectivity index (χ1) is 12.4. The van der Waals surface area contributed by atoms with E-state index in [9.17, 15) is 13.2 Å². The molecule has 0 aromatic heterocycles. The van der Waals surface area contributed by atoms with Crippen LogP contribution in [0.25, 0.3) is 0 Å². The number of carbonyl (C=O) groups excluding carboxylic acids is 1. The average Bonchev–Trinajstić information content (AvgIpc) is 2.54. The van der Waals surface area contributed by atoms with E-state index >= 15 is 0 Å². The number of amides is 2. The molecule has 1 aromatic rings. The Labute approximate surface area is 161 Å². The lowest BCUT2D eigenvalue weighted by atomic mass is 9.77. The monoisotopic (exact) mass is 401 g/mol. The van der Waals surface area contributed by atoms with Gasteiger partial charge in [-0.1, -0.05) is 44.0 Å². The smallest absolute Gasteiger partial charge is 0.315 e. The summed E-state index contributed by atoms with van der Waals surface area (Å²) in [5.41, 5.74) is 1.02. The Morgan fingerprint density at radius 1 is 1.23 bits per heavy atom. The lowest BCUT2D eigenvalue weighted by Gasteiger charge is -2.34. The van der Waals surface area contributed by atoms with E-state index in [1.54, 1.807) is 13.8 Å². The van der Waals surface area contributed by atoms with E-state index in [0.29, 0.717) is 24.0 Å². The Kier molecular flexibility index (Phi) is 7.73. The summed E-state index contributed by atoms with van der Waals surface area (Å²) in [6.45, 7) is 4.56. The topological polar surface area (TPSA) is 78.5 Å². The van der Waals surface area contributed by atoms with E-state index in [1.165, 1.54) is 10.7 Å². The van der Waals surface area contributed by atoms with Crippen LogP contribution in [0.4, 0.5) is 4.79 Å². The SMILES string of the molecule is CCN(CC)S(=O)(=O)CCNC(=O)NC(c1ccc(Cl)cc1)C1CCC1. The maximum Gasteiger partial charge on any atom is 0.315 e. The van der Waals surface area contributed by atoms with Gasteiger partial charge in [0, 0.05) is 24.7 Å². The van der Waals surface area contributed by atoms with Gasteiger partial charge in [-0.05, 0) is 36.5 Å². The minimum atomic E-state index is -3.34. The van der Waals surface area contributed by atoms with Gasteiger partial charge in [-0.25, -0.2) is 17.5 Å². The molecule has 1 saturated carbocycles. The number of carbonyl (C=O) groups is 1. The van der Waals surface area contributed by atoms with E-state index in [-0.39, 0.29) is 24.4 Å². The molecule has 0 heterocycles. The Morgan fingerprint density at radius 3 is 2.35 bits per heavy atom. The zero-order valence-electron chi connectivity index (χ0n) is 15.4. The highest BCUT2D eigenvalue weighted by Gasteiger charge is 2.29. The number of halogens is 1. The molecule has 146 valence electrons. The van der Waals surface area contributed by atoms with Crippen LogP contribution in [-0.2, 0) is 10.0 Å². The van der Waals surface area contributed by atoms with Crippen LogP contribution >= 0.6 is 11.6 Å². The van der Waals surface area contributed by atoms with Gasteiger partial charge in [0.2, 0.25) is 10.0 Å². The Balaban J connectivity index is 1.90. The van der Waals surface area contributed by atoms with Crippen LogP contribution in [0, 0.1) is 5.92 Å². The summed E-state index contributed by atoms with van der Waals surface area (Å²) >= 11 is 5.95. The molecule has 1 fully saturated rings. The molecule has 2 rings (SSSR count). The van der Waals surface area contributed by atoms with Crippen molar-refractivity contribution in [2.45, 2.75) is 39.2 Å². The predicted molar refractivity (Wildman–Crippen MR) is 105 cm³/mol. The molecule has 0 aliphatic heterocycles. The number of nitrogens with one attached hydrogen (secondary N) is 2. The fourth-order valence-corrected chi connectivity index (χ4v) is 4.68. The number of benzene rings is 1. The van der Waals surface area contributed by atoms with E-state index in [1.807, 2.05) is 24.3 Å². The van der Waals surface area contributed by atoms with E-state index in [2.05, 4.69) is 10.6 Å².